The Bertz CT molecular complexity index is 3760. The van der Waals surface area contributed by atoms with Crippen LogP contribution < -0.4 is 0 Å². The second-order valence-electron chi connectivity index (χ2n) is 17.3. The van der Waals surface area contributed by atoms with Gasteiger partial charge in [0, 0.05) is 36.7 Å². The molecule has 0 unspecified atom stereocenters. The predicted molar refractivity (Wildman–Crippen MR) is 271 cm³/mol. The van der Waals surface area contributed by atoms with Gasteiger partial charge < -0.3 is 19.5 Å². The zero-order chi connectivity index (χ0) is 50.1. The van der Waals surface area contributed by atoms with E-state index < -0.39 is 29.5 Å². The van der Waals surface area contributed by atoms with Crippen molar-refractivity contribution in [2.24, 2.45) is 0 Å². The maximum absolute atomic E-state index is 12.8. The van der Waals surface area contributed by atoms with Crippen LogP contribution in [0, 0.1) is 55.4 Å². The zero-order valence-corrected chi connectivity index (χ0v) is 42.3. The minimum absolute atomic E-state index is 0.00388. The van der Waals surface area contributed by atoms with Crippen LogP contribution in [0.4, 0.5) is 0 Å². The zero-order valence-electron chi connectivity index (χ0n) is 39.9. The first-order chi connectivity index (χ1) is 33.2. The molecule has 70 heavy (non-hydrogen) atoms. The van der Waals surface area contributed by atoms with Gasteiger partial charge in [-0.2, -0.15) is 0 Å². The van der Waals surface area contributed by atoms with E-state index in [2.05, 4.69) is 44.9 Å². The normalized spacial score (nSPS) is 11.9. The third-order valence-electron chi connectivity index (χ3n) is 12.2. The molecule has 10 aromatic rings. The molecule has 0 aliphatic carbocycles. The Balaban J connectivity index is 0.000000142. The van der Waals surface area contributed by atoms with Crippen molar-refractivity contribution < 1.29 is 25.3 Å². The molecule has 0 spiro atoms. The molecule has 0 aliphatic rings. The van der Waals surface area contributed by atoms with Crippen LogP contribution in [0.5, 0.6) is 0 Å². The molecule has 19 heteroatoms. The average Bonchev–Trinajstić information content (AvgIpc) is 4.15. The van der Waals surface area contributed by atoms with Crippen molar-refractivity contribution in [3.63, 3.8) is 0 Å². The first-order valence-electron chi connectivity index (χ1n) is 22.1. The number of H-pyrrole nitrogens is 3. The number of aromatic amines is 3. The molecule has 0 saturated heterocycles. The fourth-order valence-corrected chi connectivity index (χ4v) is 11.4. The number of benzene rings is 3. The lowest BCUT2D eigenvalue weighted by Crippen LogP contribution is -2.10. The number of rotatable bonds is 10. The molecule has 7 aromatic heterocycles. The van der Waals surface area contributed by atoms with Crippen LogP contribution in [0.15, 0.2) is 131 Å². The minimum atomic E-state index is -3.62. The number of nitrogens with zero attached hydrogens (tertiary/aromatic N) is 7. The summed E-state index contributed by atoms with van der Waals surface area (Å²) in [6.45, 7) is 15.4. The Morgan fingerprint density at radius 2 is 0.757 bits per heavy atom. The molecule has 360 valence electrons. The van der Waals surface area contributed by atoms with Crippen molar-refractivity contribution >= 4 is 62.6 Å². The van der Waals surface area contributed by atoms with Gasteiger partial charge in [-0.05, 0) is 173 Å². The van der Waals surface area contributed by atoms with Gasteiger partial charge in [0.1, 0.15) is 17.3 Å². The van der Waals surface area contributed by atoms with Gasteiger partial charge in [-0.15, -0.1) is 0 Å². The van der Waals surface area contributed by atoms with Crippen LogP contribution in [0.3, 0.4) is 0 Å². The lowest BCUT2D eigenvalue weighted by molar-refractivity contribution is 0.586. The molecule has 10 rings (SSSR count). The number of nitrogens with one attached hydrogen (secondary N) is 3. The number of hydrogen-bond acceptors (Lipinski definition) is 12. The van der Waals surface area contributed by atoms with E-state index in [-0.39, 0.29) is 32.7 Å². The molecule has 0 saturated carbocycles. The van der Waals surface area contributed by atoms with E-state index in [9.17, 15) is 25.3 Å². The quantitative estimate of drug-likeness (QED) is 0.116. The Morgan fingerprint density at radius 1 is 0.429 bits per heavy atom. The van der Waals surface area contributed by atoms with Crippen molar-refractivity contribution in [1.29, 1.82) is 0 Å². The maximum atomic E-state index is 12.8. The SMILES string of the molecule is Cc1ccc2nc(S(=O)(=O)Cc3nccc(C)c3C)[nH]c2c1.Cc1ccc2nc(S(=O)(=O)Cc3nccc(C)c3C)[nH]c2c1.Cc1ccnc(CS(=O)(=O)c2nc3ccc(-n4cccc4)cc3[nH]2)c1C. The van der Waals surface area contributed by atoms with Crippen molar-refractivity contribution in [3.05, 3.63) is 178 Å². The minimum Gasteiger partial charge on any atom is -0.329 e. The summed E-state index contributed by atoms with van der Waals surface area (Å²) in [7, 11) is -10.7. The molecule has 0 amide bonds. The van der Waals surface area contributed by atoms with E-state index >= 15 is 0 Å². The number of imidazole rings is 3. The van der Waals surface area contributed by atoms with Gasteiger partial charge in [-0.25, -0.2) is 40.2 Å². The van der Waals surface area contributed by atoms with E-state index in [0.717, 1.165) is 61.2 Å². The molecular weight excluding hydrogens is 945 g/mol. The fourth-order valence-electron chi connectivity index (χ4n) is 7.53. The Kier molecular flexibility index (Phi) is 13.7. The molecule has 3 N–H and O–H groups in total. The van der Waals surface area contributed by atoms with Crippen LogP contribution in [0.25, 0.3) is 38.8 Å². The van der Waals surface area contributed by atoms with Crippen LogP contribution in [0.2, 0.25) is 0 Å². The van der Waals surface area contributed by atoms with E-state index in [1.54, 1.807) is 18.6 Å². The third-order valence-corrected chi connectivity index (χ3v) is 16.5. The smallest absolute Gasteiger partial charge is 0.226 e. The maximum Gasteiger partial charge on any atom is 0.226 e. The van der Waals surface area contributed by atoms with Crippen LogP contribution in [-0.2, 0) is 46.8 Å². The van der Waals surface area contributed by atoms with Gasteiger partial charge in [-0.1, -0.05) is 12.1 Å². The topological polar surface area (TPSA) is 232 Å². The number of aromatic nitrogens is 10. The molecule has 0 atom stereocenters. The molecule has 3 aromatic carbocycles. The van der Waals surface area contributed by atoms with Crippen molar-refractivity contribution in [2.75, 3.05) is 0 Å². The van der Waals surface area contributed by atoms with Gasteiger partial charge in [0.15, 0.2) is 0 Å². The number of sulfone groups is 3. The lowest BCUT2D eigenvalue weighted by Gasteiger charge is -2.06. The fraction of sp³-hybridized carbons (Fsp3) is 0.216. The Labute approximate surface area is 406 Å². The average molecular weight is 997 g/mol. The van der Waals surface area contributed by atoms with Gasteiger partial charge in [0.2, 0.25) is 45.0 Å². The summed E-state index contributed by atoms with van der Waals surface area (Å²) in [5, 5.41) is -0.0357. The largest absolute Gasteiger partial charge is 0.329 e. The van der Waals surface area contributed by atoms with E-state index in [1.807, 2.05) is 157 Å². The summed E-state index contributed by atoms with van der Waals surface area (Å²) in [4.78, 5) is 34.1. The molecule has 0 fully saturated rings. The molecular formula is C51H52N10O6S3. The Hall–Kier alpha value is -7.35. The van der Waals surface area contributed by atoms with Gasteiger partial charge in [-0.3, -0.25) is 15.0 Å². The van der Waals surface area contributed by atoms with E-state index in [4.69, 9.17) is 0 Å². The summed E-state index contributed by atoms with van der Waals surface area (Å²) in [6.07, 6.45) is 8.77. The molecule has 16 nitrogen and oxygen atoms in total. The predicted octanol–water partition coefficient (Wildman–Crippen LogP) is 9.05. The molecule has 0 bridgehead atoms. The third kappa shape index (κ3) is 10.8. The van der Waals surface area contributed by atoms with Crippen molar-refractivity contribution in [2.45, 2.75) is 88.1 Å². The molecule has 0 aliphatic heterocycles. The summed E-state index contributed by atoms with van der Waals surface area (Å²) >= 11 is 0. The van der Waals surface area contributed by atoms with Crippen LogP contribution in [0.1, 0.15) is 61.6 Å². The number of pyridine rings is 3. The summed E-state index contributed by atoms with van der Waals surface area (Å²) in [6, 6.07) is 26.3. The second kappa shape index (κ2) is 19.6. The van der Waals surface area contributed by atoms with E-state index in [0.29, 0.717) is 39.1 Å². The van der Waals surface area contributed by atoms with Gasteiger partial charge in [0.05, 0.1) is 50.2 Å². The number of fused-ring (bicyclic) bond motifs is 3. The highest BCUT2D eigenvalue weighted by atomic mass is 32.2. The first kappa shape index (κ1) is 49.1. The molecule has 7 heterocycles. The standard InChI is InChI=1S/C19H18N4O2S.2C16H17N3O2S/c1-13-7-8-20-18(14(13)2)12-26(24,25)19-21-16-6-5-15(11-17(16)22-19)23-9-3-4-10-23;2*1-10-4-5-13-14(8-10)19-16(18-13)22(20,21)9-15-12(3)11(2)6-7-17-15/h3-11H,12H2,1-2H3,(H,21,22);2*4-8H,9H2,1-3H3,(H,18,19). The second-order valence-corrected chi connectivity index (χ2v) is 23.0. The first-order valence-corrected chi connectivity index (χ1v) is 27.1. The highest BCUT2D eigenvalue weighted by Crippen LogP contribution is 2.25. The van der Waals surface area contributed by atoms with Crippen molar-refractivity contribution in [3.8, 4) is 5.69 Å². The lowest BCUT2D eigenvalue weighted by atomic mass is 10.1. The highest BCUT2D eigenvalue weighted by molar-refractivity contribution is 7.91. The summed E-state index contributed by atoms with van der Waals surface area (Å²) in [5.74, 6) is -0.483. The van der Waals surface area contributed by atoms with Crippen LogP contribution in [-0.4, -0.2) is 74.7 Å². The number of aryl methyl sites for hydroxylation is 5. The monoisotopic (exact) mass is 996 g/mol. The summed E-state index contributed by atoms with van der Waals surface area (Å²) in [5.41, 5.74) is 14.6. The molecule has 0 radical (unpaired) electrons. The van der Waals surface area contributed by atoms with Gasteiger partial charge in [0.25, 0.3) is 0 Å². The highest BCUT2D eigenvalue weighted by Gasteiger charge is 2.25. The van der Waals surface area contributed by atoms with Crippen molar-refractivity contribution in [1.82, 2.24) is 49.4 Å². The summed E-state index contributed by atoms with van der Waals surface area (Å²) < 4.78 is 77.9. The van der Waals surface area contributed by atoms with E-state index in [1.165, 1.54) is 0 Å². The number of hydrogen-bond donors (Lipinski definition) is 3. The Morgan fingerprint density at radius 3 is 1.11 bits per heavy atom. The van der Waals surface area contributed by atoms with Gasteiger partial charge >= 0.3 is 0 Å². The van der Waals surface area contributed by atoms with Crippen LogP contribution >= 0.6 is 0 Å².